The van der Waals surface area contributed by atoms with Crippen LogP contribution in [0, 0.1) is 0 Å². The number of carbonyl (C=O) groups excluding carboxylic acids is 2. The number of nitrogens with zero attached hydrogens (tertiary/aromatic N) is 1. The summed E-state index contributed by atoms with van der Waals surface area (Å²) in [6, 6.07) is 19.1. The molecular formula is C21H26N2O2. The van der Waals surface area contributed by atoms with E-state index >= 15 is 0 Å². The van der Waals surface area contributed by atoms with Crippen molar-refractivity contribution in [3.8, 4) is 0 Å². The van der Waals surface area contributed by atoms with Gasteiger partial charge in [0.1, 0.15) is 6.04 Å². The zero-order valence-corrected chi connectivity index (χ0v) is 14.9. The second kappa shape index (κ2) is 9.62. The Morgan fingerprint density at radius 2 is 1.48 bits per heavy atom. The van der Waals surface area contributed by atoms with Gasteiger partial charge in [0.2, 0.25) is 11.8 Å². The fourth-order valence-electron chi connectivity index (χ4n) is 2.83. The molecule has 25 heavy (non-hydrogen) atoms. The average molecular weight is 338 g/mol. The second-order valence-electron chi connectivity index (χ2n) is 5.96. The molecule has 132 valence electrons. The van der Waals surface area contributed by atoms with Crippen LogP contribution in [-0.2, 0) is 22.6 Å². The number of hydrogen-bond donors (Lipinski definition) is 1. The molecule has 2 rings (SSSR count). The lowest BCUT2D eigenvalue weighted by atomic mass is 10.0. The Bertz CT molecular complexity index is 671. The van der Waals surface area contributed by atoms with Crippen LogP contribution in [0.5, 0.6) is 0 Å². The largest absolute Gasteiger partial charge is 0.355 e. The van der Waals surface area contributed by atoms with Gasteiger partial charge in [-0.15, -0.1) is 0 Å². The second-order valence-corrected chi connectivity index (χ2v) is 5.96. The van der Waals surface area contributed by atoms with Crippen LogP contribution in [0.1, 0.15) is 31.4 Å². The molecule has 4 nitrogen and oxygen atoms in total. The van der Waals surface area contributed by atoms with Crippen molar-refractivity contribution < 1.29 is 9.59 Å². The van der Waals surface area contributed by atoms with Crippen LogP contribution in [0.2, 0.25) is 0 Å². The highest BCUT2D eigenvalue weighted by molar-refractivity contribution is 5.87. The quantitative estimate of drug-likeness (QED) is 0.804. The predicted molar refractivity (Wildman–Crippen MR) is 99.9 cm³/mol. The molecule has 1 N–H and O–H groups in total. The van der Waals surface area contributed by atoms with E-state index in [4.69, 9.17) is 0 Å². The monoisotopic (exact) mass is 338 g/mol. The van der Waals surface area contributed by atoms with Crippen molar-refractivity contribution in [3.05, 3.63) is 71.8 Å². The lowest BCUT2D eigenvalue weighted by Gasteiger charge is -2.31. The highest BCUT2D eigenvalue weighted by Crippen LogP contribution is 2.15. The molecule has 0 heterocycles. The van der Waals surface area contributed by atoms with E-state index in [-0.39, 0.29) is 11.8 Å². The summed E-state index contributed by atoms with van der Waals surface area (Å²) in [5.41, 5.74) is 2.06. The number of rotatable bonds is 8. The van der Waals surface area contributed by atoms with Crippen LogP contribution < -0.4 is 5.32 Å². The molecule has 0 aliphatic heterocycles. The van der Waals surface area contributed by atoms with E-state index in [2.05, 4.69) is 5.32 Å². The van der Waals surface area contributed by atoms with Crippen molar-refractivity contribution in [1.82, 2.24) is 10.2 Å². The van der Waals surface area contributed by atoms with E-state index in [1.54, 1.807) is 4.90 Å². The number of hydrogen-bond acceptors (Lipinski definition) is 2. The van der Waals surface area contributed by atoms with Crippen molar-refractivity contribution in [2.45, 2.75) is 39.3 Å². The molecule has 0 saturated heterocycles. The van der Waals surface area contributed by atoms with Gasteiger partial charge in [-0.1, -0.05) is 67.6 Å². The maximum absolute atomic E-state index is 12.7. The minimum Gasteiger partial charge on any atom is -0.355 e. The smallest absolute Gasteiger partial charge is 0.243 e. The topological polar surface area (TPSA) is 49.4 Å². The highest BCUT2D eigenvalue weighted by atomic mass is 16.2. The molecule has 0 fully saturated rings. The van der Waals surface area contributed by atoms with Gasteiger partial charge in [-0.05, 0) is 18.1 Å². The summed E-state index contributed by atoms with van der Waals surface area (Å²) in [5, 5.41) is 2.88. The Hall–Kier alpha value is -2.62. The van der Waals surface area contributed by atoms with Crippen molar-refractivity contribution in [1.29, 1.82) is 0 Å². The van der Waals surface area contributed by atoms with E-state index in [0.717, 1.165) is 11.1 Å². The highest BCUT2D eigenvalue weighted by Gasteiger charge is 2.29. The lowest BCUT2D eigenvalue weighted by Crippen LogP contribution is -2.50. The molecule has 1 atom stereocenters. The van der Waals surface area contributed by atoms with Gasteiger partial charge in [-0.3, -0.25) is 9.59 Å². The average Bonchev–Trinajstić information content (AvgIpc) is 2.65. The number of likely N-dealkylation sites (N-methyl/N-ethyl adjacent to an activating group) is 1. The van der Waals surface area contributed by atoms with Crippen molar-refractivity contribution in [2.75, 3.05) is 6.54 Å². The van der Waals surface area contributed by atoms with Crippen LogP contribution in [0.4, 0.5) is 0 Å². The van der Waals surface area contributed by atoms with Crippen molar-refractivity contribution in [2.24, 2.45) is 0 Å². The predicted octanol–water partition coefficient (Wildman–Crippen LogP) is 3.17. The minimum atomic E-state index is -0.519. The van der Waals surface area contributed by atoms with Gasteiger partial charge < -0.3 is 10.2 Å². The Labute approximate surface area is 149 Å². The van der Waals surface area contributed by atoms with E-state index in [1.807, 2.05) is 74.5 Å². The molecular weight excluding hydrogens is 312 g/mol. The third-order valence-corrected chi connectivity index (χ3v) is 4.12. The normalized spacial score (nSPS) is 11.6. The first kappa shape index (κ1) is 18.7. The molecule has 0 saturated carbocycles. The molecule has 0 aliphatic carbocycles. The fraction of sp³-hybridized carbons (Fsp3) is 0.333. The van der Waals surface area contributed by atoms with Crippen LogP contribution in [0.15, 0.2) is 60.7 Å². The van der Waals surface area contributed by atoms with Crippen LogP contribution in [0.3, 0.4) is 0 Å². The molecule has 0 radical (unpaired) electrons. The maximum atomic E-state index is 12.7. The summed E-state index contributed by atoms with van der Waals surface area (Å²) in [6.45, 7) is 4.70. The van der Waals surface area contributed by atoms with Crippen LogP contribution >= 0.6 is 0 Å². The van der Waals surface area contributed by atoms with Gasteiger partial charge in [-0.25, -0.2) is 0 Å². The minimum absolute atomic E-state index is 0.0176. The molecule has 2 amide bonds. The van der Waals surface area contributed by atoms with Gasteiger partial charge in [-0.2, -0.15) is 0 Å². The summed E-state index contributed by atoms with van der Waals surface area (Å²) in [5.74, 6) is -0.125. The number of amides is 2. The zero-order valence-electron chi connectivity index (χ0n) is 14.9. The van der Waals surface area contributed by atoms with Gasteiger partial charge in [0, 0.05) is 25.9 Å². The first-order valence-corrected chi connectivity index (χ1v) is 8.80. The molecule has 2 aromatic rings. The molecule has 0 bridgehead atoms. The summed E-state index contributed by atoms with van der Waals surface area (Å²) >= 11 is 0. The number of carbonyl (C=O) groups is 2. The molecule has 0 spiro atoms. The number of benzene rings is 2. The van der Waals surface area contributed by atoms with Gasteiger partial charge >= 0.3 is 0 Å². The first-order chi connectivity index (χ1) is 12.2. The Morgan fingerprint density at radius 3 is 2.00 bits per heavy atom. The first-order valence-electron chi connectivity index (χ1n) is 8.80. The van der Waals surface area contributed by atoms with Crippen LogP contribution in [0.25, 0.3) is 0 Å². The Balaban J connectivity index is 2.30. The summed E-state index contributed by atoms with van der Waals surface area (Å²) in [4.78, 5) is 27.0. The molecule has 2 aromatic carbocycles. The van der Waals surface area contributed by atoms with E-state index in [9.17, 15) is 9.59 Å². The van der Waals surface area contributed by atoms with Crippen molar-refractivity contribution in [3.63, 3.8) is 0 Å². The van der Waals surface area contributed by atoms with Gasteiger partial charge in [0.15, 0.2) is 0 Å². The Kier molecular flexibility index (Phi) is 7.20. The SMILES string of the molecule is CCNC(=O)C(Cc1ccccc1)N(Cc1ccccc1)C(=O)CC. The van der Waals surface area contributed by atoms with Crippen molar-refractivity contribution >= 4 is 11.8 Å². The fourth-order valence-corrected chi connectivity index (χ4v) is 2.83. The van der Waals surface area contributed by atoms with E-state index in [1.165, 1.54) is 0 Å². The lowest BCUT2D eigenvalue weighted by molar-refractivity contribution is -0.141. The standard InChI is InChI=1S/C21H26N2O2/c1-3-20(24)23(16-18-13-9-6-10-14-18)19(21(25)22-4-2)15-17-11-7-5-8-12-17/h5-14,19H,3-4,15-16H2,1-2H3,(H,22,25). The summed E-state index contributed by atoms with van der Waals surface area (Å²) in [7, 11) is 0. The molecule has 1 unspecified atom stereocenters. The van der Waals surface area contributed by atoms with Gasteiger partial charge in [0.05, 0.1) is 0 Å². The Morgan fingerprint density at radius 1 is 0.920 bits per heavy atom. The summed E-state index contributed by atoms with van der Waals surface area (Å²) < 4.78 is 0. The zero-order chi connectivity index (χ0) is 18.1. The molecule has 0 aliphatic rings. The third kappa shape index (κ3) is 5.45. The third-order valence-electron chi connectivity index (χ3n) is 4.12. The van der Waals surface area contributed by atoms with Gasteiger partial charge in [0.25, 0.3) is 0 Å². The molecule has 4 heteroatoms. The maximum Gasteiger partial charge on any atom is 0.243 e. The molecule has 0 aromatic heterocycles. The van der Waals surface area contributed by atoms with E-state index in [0.29, 0.717) is 25.9 Å². The van der Waals surface area contributed by atoms with E-state index < -0.39 is 6.04 Å². The number of nitrogens with one attached hydrogen (secondary N) is 1. The van der Waals surface area contributed by atoms with Crippen LogP contribution in [-0.4, -0.2) is 29.3 Å². The summed E-state index contributed by atoms with van der Waals surface area (Å²) in [6.07, 6.45) is 0.878.